The number of likely N-dealkylation sites (tertiary alicyclic amines) is 1. The standard InChI is InChI=1S/C38H55FN4O7S.CH4/c1-9-23(4)29(19-33(45)31-11-10-16-42(31)7)37(47)43(8)32(22(2)3)20-34(50-25(6)44)36-41-30(21-51-36)35(46)40-28(17-24(5)38(48)49)18-26-12-14-27(39)15-13-26;/h12-15,21-24,28-29,31-32,34H,9-11,16-20H2,1-8H3,(H,40,46)(H,48,49);1H4/t23-,24-,28+,29?,31?,32+,34+;/m0./s1. The van der Waals surface area contributed by atoms with Gasteiger partial charge in [-0.25, -0.2) is 9.37 Å². The predicted octanol–water partition coefficient (Wildman–Crippen LogP) is 6.56. The molecule has 7 atom stereocenters. The molecule has 13 heteroatoms. The summed E-state index contributed by atoms with van der Waals surface area (Å²) in [7, 11) is 3.69. The number of hydrogen-bond acceptors (Lipinski definition) is 9. The number of esters is 1. The number of carboxylic acid groups (broad SMARTS) is 1. The van der Waals surface area contributed by atoms with Crippen molar-refractivity contribution in [1.29, 1.82) is 0 Å². The molecule has 2 N–H and O–H groups in total. The minimum atomic E-state index is -1.000. The summed E-state index contributed by atoms with van der Waals surface area (Å²) in [6, 6.07) is 4.68. The molecule has 1 saturated heterocycles. The van der Waals surface area contributed by atoms with Gasteiger partial charge in [0, 0.05) is 50.2 Å². The van der Waals surface area contributed by atoms with Crippen LogP contribution in [0.15, 0.2) is 29.6 Å². The van der Waals surface area contributed by atoms with Crippen LogP contribution in [0.5, 0.6) is 0 Å². The lowest BCUT2D eigenvalue weighted by Gasteiger charge is -2.37. The monoisotopic (exact) mass is 746 g/mol. The van der Waals surface area contributed by atoms with E-state index in [1.807, 2.05) is 34.7 Å². The van der Waals surface area contributed by atoms with Gasteiger partial charge in [0.2, 0.25) is 5.91 Å². The van der Waals surface area contributed by atoms with Gasteiger partial charge in [-0.3, -0.25) is 28.9 Å². The second kappa shape index (κ2) is 20.5. The Bertz CT molecular complexity index is 1500. The molecule has 290 valence electrons. The number of aromatic nitrogens is 1. The number of likely N-dealkylation sites (N-methyl/N-ethyl adjacent to an activating group) is 1. The maximum Gasteiger partial charge on any atom is 0.306 e. The Morgan fingerprint density at radius 3 is 2.31 bits per heavy atom. The maximum absolute atomic E-state index is 14.2. The summed E-state index contributed by atoms with van der Waals surface area (Å²) in [4.78, 5) is 73.2. The number of rotatable bonds is 19. The minimum absolute atomic E-state index is 0. The van der Waals surface area contributed by atoms with Crippen molar-refractivity contribution in [2.75, 3.05) is 20.6 Å². The molecule has 1 aliphatic heterocycles. The number of Topliss-reactive ketones (excluding diaryl/α,β-unsaturated/α-hetero) is 1. The second-order valence-corrected chi connectivity index (χ2v) is 15.3. The lowest BCUT2D eigenvalue weighted by atomic mass is 9.83. The van der Waals surface area contributed by atoms with Crippen molar-refractivity contribution < 1.29 is 38.2 Å². The summed E-state index contributed by atoms with van der Waals surface area (Å²) < 4.78 is 19.2. The van der Waals surface area contributed by atoms with Crippen LogP contribution >= 0.6 is 11.3 Å². The van der Waals surface area contributed by atoms with Crippen molar-refractivity contribution in [2.24, 2.45) is 23.7 Å². The van der Waals surface area contributed by atoms with Gasteiger partial charge in [-0.05, 0) is 68.8 Å². The summed E-state index contributed by atoms with van der Waals surface area (Å²) in [6.07, 6.45) is 2.47. The molecule has 0 bridgehead atoms. The topological polar surface area (TPSA) is 146 Å². The number of ketones is 1. The van der Waals surface area contributed by atoms with Crippen molar-refractivity contribution >= 4 is 40.9 Å². The molecule has 52 heavy (non-hydrogen) atoms. The van der Waals surface area contributed by atoms with Gasteiger partial charge >= 0.3 is 11.9 Å². The summed E-state index contributed by atoms with van der Waals surface area (Å²) in [6.45, 7) is 11.7. The van der Waals surface area contributed by atoms with Crippen LogP contribution in [-0.4, -0.2) is 88.2 Å². The molecule has 3 rings (SSSR count). The number of nitrogens with one attached hydrogen (secondary N) is 1. The number of carbonyl (C=O) groups excluding carboxylic acids is 4. The van der Waals surface area contributed by atoms with Crippen LogP contribution in [0, 0.1) is 29.5 Å². The average molecular weight is 747 g/mol. The Kier molecular flexibility index (Phi) is 17.5. The molecule has 2 unspecified atom stereocenters. The lowest BCUT2D eigenvalue weighted by molar-refractivity contribution is -0.149. The van der Waals surface area contributed by atoms with Crippen LogP contribution in [0.3, 0.4) is 0 Å². The van der Waals surface area contributed by atoms with E-state index in [1.165, 1.54) is 19.1 Å². The van der Waals surface area contributed by atoms with E-state index in [2.05, 4.69) is 15.2 Å². The van der Waals surface area contributed by atoms with E-state index < -0.39 is 47.6 Å². The van der Waals surface area contributed by atoms with Gasteiger partial charge in [-0.15, -0.1) is 11.3 Å². The lowest BCUT2D eigenvalue weighted by Crippen LogP contribution is -2.47. The van der Waals surface area contributed by atoms with Crippen LogP contribution < -0.4 is 5.32 Å². The number of amides is 2. The van der Waals surface area contributed by atoms with Crippen LogP contribution in [0.1, 0.15) is 115 Å². The zero-order chi connectivity index (χ0) is 38.0. The molecule has 2 heterocycles. The molecule has 1 aromatic carbocycles. The number of ether oxygens (including phenoxy) is 1. The largest absolute Gasteiger partial charge is 0.481 e. The summed E-state index contributed by atoms with van der Waals surface area (Å²) in [5.74, 6) is -3.79. The van der Waals surface area contributed by atoms with Crippen LogP contribution in [-0.2, 0) is 30.3 Å². The van der Waals surface area contributed by atoms with Gasteiger partial charge in [-0.1, -0.05) is 60.6 Å². The molecule has 11 nitrogen and oxygen atoms in total. The highest BCUT2D eigenvalue weighted by atomic mass is 32.1. The van der Waals surface area contributed by atoms with E-state index in [-0.39, 0.29) is 74.4 Å². The smallest absolute Gasteiger partial charge is 0.306 e. The Balaban J connectivity index is 0.00000936. The van der Waals surface area contributed by atoms with Crippen molar-refractivity contribution in [2.45, 2.75) is 118 Å². The molecular formula is C39H59FN4O7S. The zero-order valence-electron chi connectivity index (χ0n) is 31.2. The van der Waals surface area contributed by atoms with E-state index in [1.54, 1.807) is 36.4 Å². The Hall–Kier alpha value is -3.71. The Morgan fingerprint density at radius 2 is 1.77 bits per heavy atom. The number of aliphatic carboxylic acids is 1. The van der Waals surface area contributed by atoms with Crippen LogP contribution in [0.2, 0.25) is 0 Å². The fraction of sp³-hybridized carbons (Fsp3) is 0.641. The van der Waals surface area contributed by atoms with Crippen LogP contribution in [0.4, 0.5) is 4.39 Å². The number of carbonyl (C=O) groups is 5. The van der Waals surface area contributed by atoms with Gasteiger partial charge < -0.3 is 20.1 Å². The first-order chi connectivity index (χ1) is 24.0. The third-order valence-electron chi connectivity index (χ3n) is 10.2. The third kappa shape index (κ3) is 12.5. The predicted molar refractivity (Wildman–Crippen MR) is 200 cm³/mol. The van der Waals surface area contributed by atoms with E-state index in [0.29, 0.717) is 5.01 Å². The fourth-order valence-electron chi connectivity index (χ4n) is 6.83. The SMILES string of the molecule is C.CC[C@H](C)C(CC(=O)C1CCCN1C)C(=O)N(C)[C@H](C[C@@H](OC(C)=O)c1nc(C(=O)N[C@@H](Cc2ccc(F)cc2)C[C@H](C)C(=O)O)cs1)C(C)C. The van der Waals surface area contributed by atoms with E-state index in [0.717, 1.165) is 42.7 Å². The van der Waals surface area contributed by atoms with Gasteiger partial charge in [-0.2, -0.15) is 0 Å². The maximum atomic E-state index is 14.2. The quantitative estimate of drug-likeness (QED) is 0.153. The first kappa shape index (κ1) is 44.5. The highest BCUT2D eigenvalue weighted by molar-refractivity contribution is 7.09. The molecule has 0 radical (unpaired) electrons. The summed E-state index contributed by atoms with van der Waals surface area (Å²) in [5.41, 5.74) is 0.814. The van der Waals surface area contributed by atoms with Gasteiger partial charge in [0.1, 0.15) is 16.5 Å². The zero-order valence-corrected chi connectivity index (χ0v) is 32.0. The van der Waals surface area contributed by atoms with E-state index in [4.69, 9.17) is 4.74 Å². The number of carboxylic acids is 1. The summed E-state index contributed by atoms with van der Waals surface area (Å²) in [5, 5.41) is 14.3. The average Bonchev–Trinajstić information content (AvgIpc) is 3.75. The minimum Gasteiger partial charge on any atom is -0.481 e. The van der Waals surface area contributed by atoms with E-state index >= 15 is 0 Å². The molecule has 1 fully saturated rings. The molecular weight excluding hydrogens is 688 g/mol. The van der Waals surface area contributed by atoms with Crippen LogP contribution in [0.25, 0.3) is 0 Å². The first-order valence-corrected chi connectivity index (χ1v) is 18.8. The number of nitrogens with zero attached hydrogens (tertiary/aromatic N) is 3. The molecule has 0 aliphatic carbocycles. The normalized spacial score (nSPS) is 18.0. The molecule has 2 amide bonds. The number of halogens is 1. The Labute approximate surface area is 312 Å². The number of benzene rings is 1. The number of hydrogen-bond donors (Lipinski definition) is 2. The fourth-order valence-corrected chi connectivity index (χ4v) is 7.67. The first-order valence-electron chi connectivity index (χ1n) is 17.9. The molecule has 1 aromatic heterocycles. The van der Waals surface area contributed by atoms with Gasteiger partial charge in [0.15, 0.2) is 11.9 Å². The van der Waals surface area contributed by atoms with E-state index in [9.17, 15) is 33.5 Å². The summed E-state index contributed by atoms with van der Waals surface area (Å²) >= 11 is 1.15. The highest BCUT2D eigenvalue weighted by Crippen LogP contribution is 2.33. The number of thiazole rings is 1. The second-order valence-electron chi connectivity index (χ2n) is 14.4. The molecule has 0 spiro atoms. The van der Waals surface area contributed by atoms with Crippen molar-refractivity contribution in [3.05, 3.63) is 51.7 Å². The highest BCUT2D eigenvalue weighted by Gasteiger charge is 2.38. The van der Waals surface area contributed by atoms with Crippen molar-refractivity contribution in [3.8, 4) is 0 Å². The molecule has 0 saturated carbocycles. The molecule has 2 aromatic rings. The third-order valence-corrected chi connectivity index (χ3v) is 11.1. The molecule has 1 aliphatic rings. The van der Waals surface area contributed by atoms with Crippen molar-refractivity contribution in [3.63, 3.8) is 0 Å². The van der Waals surface area contributed by atoms with Gasteiger partial charge in [0.25, 0.3) is 5.91 Å². The Morgan fingerprint density at radius 1 is 1.12 bits per heavy atom. The van der Waals surface area contributed by atoms with Crippen molar-refractivity contribution in [1.82, 2.24) is 20.1 Å². The van der Waals surface area contributed by atoms with Gasteiger partial charge in [0.05, 0.1) is 12.0 Å².